The first-order valence-electron chi connectivity index (χ1n) is 10.8. The Kier molecular flexibility index (Phi) is 6.96. The van der Waals surface area contributed by atoms with E-state index in [2.05, 4.69) is 46.1 Å². The van der Waals surface area contributed by atoms with Gasteiger partial charge in [-0.15, -0.1) is 0 Å². The summed E-state index contributed by atoms with van der Waals surface area (Å²) in [4.78, 5) is 4.96. The van der Waals surface area contributed by atoms with Gasteiger partial charge >= 0.3 is 0 Å². The fourth-order valence-corrected chi connectivity index (χ4v) is 4.02. The summed E-state index contributed by atoms with van der Waals surface area (Å²) in [5.74, 6) is 1.22. The molecule has 0 amide bonds. The lowest BCUT2D eigenvalue weighted by Gasteiger charge is -2.16. The van der Waals surface area contributed by atoms with Gasteiger partial charge in [-0.1, -0.05) is 44.2 Å². The van der Waals surface area contributed by atoms with E-state index in [0.717, 1.165) is 53.4 Å². The van der Waals surface area contributed by atoms with Gasteiger partial charge in [-0.05, 0) is 35.6 Å². The van der Waals surface area contributed by atoms with E-state index >= 15 is 0 Å². The third kappa shape index (κ3) is 5.23. The topological polar surface area (TPSA) is 101 Å². The van der Waals surface area contributed by atoms with Crippen molar-refractivity contribution in [3.63, 3.8) is 0 Å². The van der Waals surface area contributed by atoms with Crippen LogP contribution in [-0.2, 0) is 23.9 Å². The van der Waals surface area contributed by atoms with E-state index < -0.39 is 10.9 Å². The summed E-state index contributed by atoms with van der Waals surface area (Å²) < 4.78 is 26.5. The molecule has 0 aliphatic carbocycles. The maximum atomic E-state index is 10.6. The molecule has 2 aromatic heterocycles. The third-order valence-corrected chi connectivity index (χ3v) is 5.83. The largest absolute Gasteiger partial charge is 0.366 e. The molecule has 0 bridgehead atoms. The monoisotopic (exact) mass is 452 g/mol. The molecule has 3 heterocycles. The van der Waals surface area contributed by atoms with Crippen LogP contribution in [0.25, 0.3) is 11.2 Å². The first-order valence-corrected chi connectivity index (χ1v) is 11.9. The van der Waals surface area contributed by atoms with E-state index in [1.165, 1.54) is 11.8 Å². The second-order valence-electron chi connectivity index (χ2n) is 8.11. The third-order valence-electron chi connectivity index (χ3n) is 5.48. The fraction of sp³-hybridized carbons (Fsp3) is 0.348. The Bertz CT molecular complexity index is 1230. The maximum absolute atomic E-state index is 10.6. The smallest absolute Gasteiger partial charge is 0.242 e. The predicted molar refractivity (Wildman–Crippen MR) is 129 cm³/mol. The summed E-state index contributed by atoms with van der Waals surface area (Å²) in [6.07, 6.45) is 6.95. The second kappa shape index (κ2) is 10.1. The molecule has 0 saturated carbocycles. The molecule has 1 aromatic carbocycles. The number of benzene rings is 1. The van der Waals surface area contributed by atoms with Crippen molar-refractivity contribution in [3.8, 4) is 0 Å². The minimum absolute atomic E-state index is 0.327. The molecular weight excluding hydrogens is 424 g/mol. The van der Waals surface area contributed by atoms with E-state index in [9.17, 15) is 8.42 Å². The summed E-state index contributed by atoms with van der Waals surface area (Å²) >= 11 is 0. The van der Waals surface area contributed by atoms with Crippen molar-refractivity contribution in [1.29, 1.82) is 0 Å². The number of hydrogen-bond acceptors (Lipinski definition) is 6. The van der Waals surface area contributed by atoms with Crippen LogP contribution in [0.1, 0.15) is 48.6 Å². The van der Waals surface area contributed by atoms with Crippen LogP contribution in [0.4, 0.5) is 5.82 Å². The lowest BCUT2D eigenvalue weighted by atomic mass is 10.0. The lowest BCUT2D eigenvalue weighted by molar-refractivity contribution is 0.616. The van der Waals surface area contributed by atoms with Gasteiger partial charge in [0, 0.05) is 37.4 Å². The number of thiol groups is 1. The van der Waals surface area contributed by atoms with E-state index in [1.807, 2.05) is 35.0 Å². The van der Waals surface area contributed by atoms with Gasteiger partial charge in [0.2, 0.25) is 10.9 Å². The van der Waals surface area contributed by atoms with Crippen molar-refractivity contribution < 1.29 is 8.42 Å². The molecular formula is C23H28N6O2S. The summed E-state index contributed by atoms with van der Waals surface area (Å²) in [6.45, 7) is 6.73. The van der Waals surface area contributed by atoms with E-state index in [0.29, 0.717) is 18.9 Å². The Morgan fingerprint density at radius 3 is 2.88 bits per heavy atom. The number of rotatable bonds is 8. The number of anilines is 1. The summed E-state index contributed by atoms with van der Waals surface area (Å²) in [7, 11) is -2.74. The van der Waals surface area contributed by atoms with Crippen LogP contribution in [0.2, 0.25) is 0 Å². The molecule has 0 radical (unpaired) electrons. The molecule has 1 aliphatic rings. The van der Waals surface area contributed by atoms with Crippen LogP contribution in [0.15, 0.2) is 47.0 Å². The molecule has 168 valence electrons. The minimum Gasteiger partial charge on any atom is -0.366 e. The first-order chi connectivity index (χ1) is 15.5. The lowest BCUT2D eigenvalue weighted by Crippen LogP contribution is -2.20. The second-order valence-corrected chi connectivity index (χ2v) is 8.82. The molecule has 3 aromatic rings. The highest BCUT2D eigenvalue weighted by atomic mass is 32.2. The number of nitrogens with zero attached hydrogens (tertiary/aromatic N) is 4. The molecule has 0 unspecified atom stereocenters. The molecule has 4 rings (SSSR count). The molecule has 2 N–H and O–H groups in total. The predicted octanol–water partition coefficient (Wildman–Crippen LogP) is 2.98. The van der Waals surface area contributed by atoms with E-state index in [-0.39, 0.29) is 0 Å². The molecule has 32 heavy (non-hydrogen) atoms. The highest BCUT2D eigenvalue weighted by Gasteiger charge is 2.16. The van der Waals surface area contributed by atoms with Gasteiger partial charge in [-0.25, -0.2) is 13.4 Å². The van der Waals surface area contributed by atoms with Gasteiger partial charge in [0.05, 0.1) is 11.9 Å². The molecule has 1 aliphatic heterocycles. The summed E-state index contributed by atoms with van der Waals surface area (Å²) in [5.41, 5.74) is 6.35. The highest BCUT2D eigenvalue weighted by molar-refractivity contribution is 7.71. The quantitative estimate of drug-likeness (QED) is 0.359. The zero-order valence-electron chi connectivity index (χ0n) is 18.3. The van der Waals surface area contributed by atoms with Crippen LogP contribution in [0.5, 0.6) is 0 Å². The Morgan fingerprint density at radius 2 is 2.12 bits per heavy atom. The Morgan fingerprint density at radius 1 is 1.28 bits per heavy atom. The minimum atomic E-state index is -2.74. The normalized spacial score (nSPS) is 14.6. The van der Waals surface area contributed by atoms with Crippen molar-refractivity contribution in [2.24, 2.45) is 4.40 Å². The number of fused-ring (bicyclic) bond motifs is 1. The van der Waals surface area contributed by atoms with Gasteiger partial charge in [0.25, 0.3) is 0 Å². The summed E-state index contributed by atoms with van der Waals surface area (Å²) in [5, 5.41) is 11.5. The SMILES string of the molecule is CC(C)c1cnn2c(NCc3cccc(CC=N[SH](=O)=O)c3)cc(C3=CCNCC3)nc12. The van der Waals surface area contributed by atoms with Crippen molar-refractivity contribution in [1.82, 2.24) is 19.9 Å². The van der Waals surface area contributed by atoms with Crippen molar-refractivity contribution in [2.75, 3.05) is 18.4 Å². The zero-order chi connectivity index (χ0) is 22.5. The molecule has 0 spiro atoms. The van der Waals surface area contributed by atoms with Crippen LogP contribution >= 0.6 is 0 Å². The molecule has 8 nitrogen and oxygen atoms in total. The Labute approximate surface area is 189 Å². The van der Waals surface area contributed by atoms with Gasteiger partial charge in [0.1, 0.15) is 5.82 Å². The van der Waals surface area contributed by atoms with Crippen LogP contribution in [0.3, 0.4) is 0 Å². The average molecular weight is 453 g/mol. The van der Waals surface area contributed by atoms with E-state index in [4.69, 9.17) is 4.98 Å². The number of hydrogen-bond donors (Lipinski definition) is 3. The maximum Gasteiger partial charge on any atom is 0.242 e. The van der Waals surface area contributed by atoms with Gasteiger partial charge < -0.3 is 10.6 Å². The number of aromatic nitrogens is 3. The Hall–Kier alpha value is -3.04. The highest BCUT2D eigenvalue weighted by Crippen LogP contribution is 2.27. The molecule has 0 saturated heterocycles. The number of nitrogens with one attached hydrogen (secondary N) is 2. The van der Waals surface area contributed by atoms with Gasteiger partial charge in [-0.3, -0.25) is 0 Å². The standard InChI is InChI=1S/C23H28N6O2S/c1-16(2)20-15-26-29-22(13-21(28-23(20)29)19-7-9-24-10-8-19)25-14-18-5-3-4-17(12-18)6-11-27-32(30)31/h3-5,7,11-13,15-16,24-25,32H,6,8-10,14H2,1-2H3. The van der Waals surface area contributed by atoms with Gasteiger partial charge in [0.15, 0.2) is 5.65 Å². The fourth-order valence-electron chi connectivity index (χ4n) is 3.80. The molecule has 0 atom stereocenters. The van der Waals surface area contributed by atoms with Crippen LogP contribution in [-0.4, -0.2) is 42.3 Å². The zero-order valence-corrected chi connectivity index (χ0v) is 19.2. The average Bonchev–Trinajstić information content (AvgIpc) is 3.23. The van der Waals surface area contributed by atoms with Crippen LogP contribution in [0, 0.1) is 0 Å². The van der Waals surface area contributed by atoms with Crippen molar-refractivity contribution in [3.05, 3.63) is 65.0 Å². The van der Waals surface area contributed by atoms with Gasteiger partial charge in [-0.2, -0.15) is 14.0 Å². The first kappa shape index (κ1) is 22.2. The Balaban J connectivity index is 1.62. The van der Waals surface area contributed by atoms with Crippen LogP contribution < -0.4 is 10.6 Å². The summed E-state index contributed by atoms with van der Waals surface area (Å²) in [6, 6.07) is 10.1. The van der Waals surface area contributed by atoms with Crippen molar-refractivity contribution >= 4 is 34.1 Å². The molecule has 9 heteroatoms. The molecule has 0 fully saturated rings. The van der Waals surface area contributed by atoms with E-state index in [1.54, 1.807) is 0 Å². The van der Waals surface area contributed by atoms with Crippen molar-refractivity contribution in [2.45, 2.75) is 39.2 Å².